The van der Waals surface area contributed by atoms with Gasteiger partial charge in [-0.15, -0.1) is 6.42 Å². The van der Waals surface area contributed by atoms with Crippen molar-refractivity contribution in [2.75, 3.05) is 5.32 Å². The number of benzene rings is 2. The van der Waals surface area contributed by atoms with Crippen molar-refractivity contribution in [2.45, 2.75) is 20.5 Å². The predicted molar refractivity (Wildman–Crippen MR) is 99.1 cm³/mol. The van der Waals surface area contributed by atoms with Gasteiger partial charge in [0.1, 0.15) is 18.1 Å². The molecule has 0 radical (unpaired) electrons. The fraction of sp³-hybridized carbons (Fsp3) is 0.143. The molecule has 0 aliphatic heterocycles. The van der Waals surface area contributed by atoms with Crippen LogP contribution in [0, 0.1) is 26.2 Å². The van der Waals surface area contributed by atoms with E-state index in [0.29, 0.717) is 28.3 Å². The third-order valence-electron chi connectivity index (χ3n) is 3.97. The number of aromatic nitrogens is 1. The van der Waals surface area contributed by atoms with Gasteiger partial charge in [-0.2, -0.15) is 0 Å². The first-order chi connectivity index (χ1) is 12.6. The maximum absolute atomic E-state index is 12.7. The van der Waals surface area contributed by atoms with E-state index in [4.69, 9.17) is 15.7 Å². The number of carbonyl (C=O) groups excluding carboxylic acids is 1. The first-order valence-corrected chi connectivity index (χ1v) is 8.10. The number of nitrogens with zero attached hydrogens (tertiary/aromatic N) is 1. The van der Waals surface area contributed by atoms with Crippen LogP contribution >= 0.6 is 0 Å². The second kappa shape index (κ2) is 7.58. The largest absolute Gasteiger partial charge is 0.488 e. The van der Waals surface area contributed by atoms with Crippen LogP contribution in [0.2, 0.25) is 0 Å². The third kappa shape index (κ3) is 3.76. The van der Waals surface area contributed by atoms with Gasteiger partial charge < -0.3 is 14.6 Å². The van der Waals surface area contributed by atoms with Crippen LogP contribution in [0.1, 0.15) is 32.9 Å². The Morgan fingerprint density at radius 3 is 2.77 bits per heavy atom. The number of aryl methyl sites for hydroxylation is 2. The van der Waals surface area contributed by atoms with Gasteiger partial charge in [0.2, 0.25) is 0 Å². The highest BCUT2D eigenvalue weighted by Gasteiger charge is 2.15. The molecule has 5 nitrogen and oxygen atoms in total. The fourth-order valence-electron chi connectivity index (χ4n) is 2.52. The summed E-state index contributed by atoms with van der Waals surface area (Å²) in [5, 5.41) is 6.75. The average molecular weight is 346 g/mol. The molecule has 5 heteroatoms. The summed E-state index contributed by atoms with van der Waals surface area (Å²) in [4.78, 5) is 12.7. The summed E-state index contributed by atoms with van der Waals surface area (Å²) in [6, 6.07) is 14.2. The van der Waals surface area contributed by atoms with Gasteiger partial charge in [-0.05, 0) is 44.2 Å². The molecule has 1 heterocycles. The van der Waals surface area contributed by atoms with Crippen molar-refractivity contribution in [1.29, 1.82) is 0 Å². The molecule has 3 aromatic rings. The second-order valence-corrected chi connectivity index (χ2v) is 5.77. The summed E-state index contributed by atoms with van der Waals surface area (Å²) < 4.78 is 11.0. The number of carbonyl (C=O) groups is 1. The second-order valence-electron chi connectivity index (χ2n) is 5.77. The van der Waals surface area contributed by atoms with E-state index in [-0.39, 0.29) is 12.5 Å². The van der Waals surface area contributed by atoms with Crippen LogP contribution in [0.4, 0.5) is 5.69 Å². The summed E-state index contributed by atoms with van der Waals surface area (Å²) in [5.74, 6) is 3.47. The minimum absolute atomic E-state index is 0.270. The van der Waals surface area contributed by atoms with Crippen LogP contribution < -0.4 is 10.1 Å². The summed E-state index contributed by atoms with van der Waals surface area (Å²) in [6.45, 7) is 3.96. The average Bonchev–Trinajstić information content (AvgIpc) is 2.98. The summed E-state index contributed by atoms with van der Waals surface area (Å²) >= 11 is 0. The zero-order valence-electron chi connectivity index (χ0n) is 14.6. The molecule has 0 bridgehead atoms. The Morgan fingerprint density at radius 1 is 1.23 bits per heavy atom. The Kier molecular flexibility index (Phi) is 5.04. The Labute approximate surface area is 152 Å². The summed E-state index contributed by atoms with van der Waals surface area (Å²) in [6.07, 6.45) is 5.40. The van der Waals surface area contributed by atoms with Gasteiger partial charge in [-0.25, -0.2) is 0 Å². The molecule has 0 saturated carbocycles. The highest BCUT2D eigenvalue weighted by Crippen LogP contribution is 2.23. The van der Waals surface area contributed by atoms with Crippen LogP contribution in [0.3, 0.4) is 0 Å². The molecule has 0 spiro atoms. The number of rotatable bonds is 5. The zero-order chi connectivity index (χ0) is 18.5. The molecule has 1 N–H and O–H groups in total. The maximum Gasteiger partial charge on any atom is 0.259 e. The SMILES string of the molecule is C#Cc1cccc(NC(=O)c2ccccc2OCc2c(C)noc2C)c1. The molecule has 3 rings (SSSR count). The van der Waals surface area contributed by atoms with Crippen LogP contribution in [-0.4, -0.2) is 11.1 Å². The van der Waals surface area contributed by atoms with Crippen molar-refractivity contribution in [3.8, 4) is 18.1 Å². The highest BCUT2D eigenvalue weighted by molar-refractivity contribution is 6.06. The molecule has 0 aliphatic rings. The highest BCUT2D eigenvalue weighted by atomic mass is 16.5. The molecule has 0 saturated heterocycles. The number of anilines is 1. The monoisotopic (exact) mass is 346 g/mol. The number of terminal acetylenes is 1. The molecule has 0 fully saturated rings. The van der Waals surface area contributed by atoms with Gasteiger partial charge in [0.05, 0.1) is 16.8 Å². The lowest BCUT2D eigenvalue weighted by atomic mass is 10.1. The normalized spacial score (nSPS) is 10.2. The van der Waals surface area contributed by atoms with Gasteiger partial charge >= 0.3 is 0 Å². The number of nitrogens with one attached hydrogen (secondary N) is 1. The quantitative estimate of drug-likeness (QED) is 0.706. The van der Waals surface area contributed by atoms with Crippen LogP contribution in [-0.2, 0) is 6.61 Å². The number of ether oxygens (including phenoxy) is 1. The van der Waals surface area contributed by atoms with Crippen molar-refractivity contribution in [3.63, 3.8) is 0 Å². The first kappa shape index (κ1) is 17.3. The smallest absolute Gasteiger partial charge is 0.259 e. The van der Waals surface area contributed by atoms with Crippen molar-refractivity contribution >= 4 is 11.6 Å². The molecular formula is C21H18N2O3. The lowest BCUT2D eigenvalue weighted by Gasteiger charge is -2.12. The Hall–Kier alpha value is -3.52. The molecule has 2 aromatic carbocycles. The molecule has 0 atom stereocenters. The van der Waals surface area contributed by atoms with Gasteiger partial charge in [0, 0.05) is 11.3 Å². The van der Waals surface area contributed by atoms with Crippen LogP contribution in [0.5, 0.6) is 5.75 Å². The fourth-order valence-corrected chi connectivity index (χ4v) is 2.52. The van der Waals surface area contributed by atoms with Crippen molar-refractivity contribution in [2.24, 2.45) is 0 Å². The van der Waals surface area contributed by atoms with E-state index in [9.17, 15) is 4.79 Å². The lowest BCUT2D eigenvalue weighted by Crippen LogP contribution is -2.14. The number of hydrogen-bond acceptors (Lipinski definition) is 4. The van der Waals surface area contributed by atoms with E-state index in [1.807, 2.05) is 19.9 Å². The maximum atomic E-state index is 12.7. The molecule has 26 heavy (non-hydrogen) atoms. The Morgan fingerprint density at radius 2 is 2.04 bits per heavy atom. The third-order valence-corrected chi connectivity index (χ3v) is 3.97. The van der Waals surface area contributed by atoms with Crippen molar-refractivity contribution in [3.05, 3.63) is 76.7 Å². The van der Waals surface area contributed by atoms with Crippen molar-refractivity contribution in [1.82, 2.24) is 5.16 Å². The standard InChI is InChI=1S/C21H18N2O3/c1-4-16-8-7-9-17(12-16)22-21(24)18-10-5-6-11-20(18)25-13-19-14(2)23-26-15(19)3/h1,5-12H,13H2,2-3H3,(H,22,24). The Bertz CT molecular complexity index is 963. The number of amides is 1. The lowest BCUT2D eigenvalue weighted by molar-refractivity contribution is 0.102. The first-order valence-electron chi connectivity index (χ1n) is 8.10. The van der Waals surface area contributed by atoms with Gasteiger partial charge in [-0.1, -0.05) is 29.3 Å². The van der Waals surface area contributed by atoms with E-state index in [2.05, 4.69) is 16.4 Å². The van der Waals surface area contributed by atoms with Crippen LogP contribution in [0.15, 0.2) is 53.1 Å². The zero-order valence-corrected chi connectivity index (χ0v) is 14.6. The molecule has 0 aliphatic carbocycles. The molecule has 1 amide bonds. The van der Waals surface area contributed by atoms with E-state index in [1.165, 1.54) is 0 Å². The van der Waals surface area contributed by atoms with Crippen molar-refractivity contribution < 1.29 is 14.1 Å². The summed E-state index contributed by atoms with van der Waals surface area (Å²) in [7, 11) is 0. The van der Waals surface area contributed by atoms with Crippen LogP contribution in [0.25, 0.3) is 0 Å². The number of para-hydroxylation sites is 1. The molecular weight excluding hydrogens is 328 g/mol. The van der Waals surface area contributed by atoms with Gasteiger partial charge in [0.25, 0.3) is 5.91 Å². The minimum Gasteiger partial charge on any atom is -0.488 e. The van der Waals surface area contributed by atoms with E-state index < -0.39 is 0 Å². The van der Waals surface area contributed by atoms with E-state index in [0.717, 1.165) is 11.3 Å². The molecule has 130 valence electrons. The Balaban J connectivity index is 1.78. The van der Waals surface area contributed by atoms with E-state index >= 15 is 0 Å². The molecule has 0 unspecified atom stereocenters. The van der Waals surface area contributed by atoms with E-state index in [1.54, 1.807) is 42.5 Å². The topological polar surface area (TPSA) is 64.4 Å². The molecule has 1 aromatic heterocycles. The predicted octanol–water partition coefficient (Wildman–Crippen LogP) is 4.10. The van der Waals surface area contributed by atoms with Gasteiger partial charge in [-0.3, -0.25) is 4.79 Å². The minimum atomic E-state index is -0.270. The van der Waals surface area contributed by atoms with Gasteiger partial charge in [0.15, 0.2) is 0 Å². The number of hydrogen-bond donors (Lipinski definition) is 1. The summed E-state index contributed by atoms with van der Waals surface area (Å²) in [5.41, 5.74) is 3.42.